The minimum atomic E-state index is 0.178. The van der Waals surface area contributed by atoms with Crippen LogP contribution in [0.15, 0.2) is 18.2 Å². The molecule has 0 atom stereocenters. The van der Waals surface area contributed by atoms with E-state index < -0.39 is 0 Å². The summed E-state index contributed by atoms with van der Waals surface area (Å²) in [7, 11) is 1.57. The lowest BCUT2D eigenvalue weighted by Crippen LogP contribution is -2.58. The predicted octanol–water partition coefficient (Wildman–Crippen LogP) is 3.77. The third-order valence-electron chi connectivity index (χ3n) is 3.88. The van der Waals surface area contributed by atoms with Crippen LogP contribution in [-0.2, 0) is 0 Å². The van der Waals surface area contributed by atoms with Crippen molar-refractivity contribution in [1.29, 1.82) is 5.26 Å². The highest BCUT2D eigenvalue weighted by molar-refractivity contribution is 5.47. The van der Waals surface area contributed by atoms with Gasteiger partial charge in [0, 0.05) is 16.9 Å². The maximum atomic E-state index is 8.98. The highest BCUT2D eigenvalue weighted by Crippen LogP contribution is 2.55. The minimum absolute atomic E-state index is 0.178. The summed E-state index contributed by atoms with van der Waals surface area (Å²) < 4.78 is 11.3. The summed E-state index contributed by atoms with van der Waals surface area (Å²) in [5.41, 5.74) is 0.900. The second-order valence-electron chi connectivity index (χ2n) is 6.63. The van der Waals surface area contributed by atoms with Gasteiger partial charge in [-0.2, -0.15) is 5.26 Å². The van der Waals surface area contributed by atoms with E-state index in [1.807, 2.05) is 6.07 Å². The van der Waals surface area contributed by atoms with Gasteiger partial charge < -0.3 is 9.47 Å². The predicted molar refractivity (Wildman–Crippen MR) is 74.3 cm³/mol. The van der Waals surface area contributed by atoms with Crippen LogP contribution in [0, 0.1) is 22.2 Å². The fourth-order valence-electron chi connectivity index (χ4n) is 3.58. The van der Waals surface area contributed by atoms with Gasteiger partial charge >= 0.3 is 0 Å². The van der Waals surface area contributed by atoms with Crippen LogP contribution < -0.4 is 9.47 Å². The number of hydrogen-bond acceptors (Lipinski definition) is 3. The van der Waals surface area contributed by atoms with Crippen molar-refractivity contribution in [3.63, 3.8) is 0 Å². The van der Waals surface area contributed by atoms with Crippen LogP contribution >= 0.6 is 0 Å². The van der Waals surface area contributed by atoms with Crippen molar-refractivity contribution < 1.29 is 9.47 Å². The Balaban J connectivity index is 2.23. The fraction of sp³-hybridized carbons (Fsp3) is 0.562. The third-order valence-corrected chi connectivity index (χ3v) is 3.88. The molecule has 1 aromatic rings. The summed E-state index contributed by atoms with van der Waals surface area (Å²) in [4.78, 5) is 0. The van der Waals surface area contributed by atoms with Gasteiger partial charge in [0.05, 0.1) is 12.7 Å². The molecule has 0 radical (unpaired) electrons. The van der Waals surface area contributed by atoms with Crippen molar-refractivity contribution in [3.05, 3.63) is 23.8 Å². The molecule has 2 rings (SSSR count). The Kier molecular flexibility index (Phi) is 3.22. The molecule has 1 aliphatic carbocycles. The highest BCUT2D eigenvalue weighted by Gasteiger charge is 2.54. The van der Waals surface area contributed by atoms with Crippen LogP contribution in [0.1, 0.15) is 39.7 Å². The summed E-state index contributed by atoms with van der Waals surface area (Å²) in [6.07, 6.45) is 1.33. The van der Waals surface area contributed by atoms with Gasteiger partial charge in [-0.1, -0.05) is 27.7 Å². The minimum Gasteiger partial charge on any atom is -0.495 e. The molecule has 0 aromatic heterocycles. The molecule has 3 heteroatoms. The van der Waals surface area contributed by atoms with E-state index in [2.05, 4.69) is 33.8 Å². The molecule has 1 saturated carbocycles. The largest absolute Gasteiger partial charge is 0.495 e. The van der Waals surface area contributed by atoms with Crippen molar-refractivity contribution in [1.82, 2.24) is 0 Å². The number of nitrogens with zero attached hydrogens (tertiary/aromatic N) is 1. The molecule has 19 heavy (non-hydrogen) atoms. The van der Waals surface area contributed by atoms with Gasteiger partial charge in [0.25, 0.3) is 0 Å². The Morgan fingerprint density at radius 2 is 1.84 bits per heavy atom. The van der Waals surface area contributed by atoms with Gasteiger partial charge in [-0.25, -0.2) is 0 Å². The van der Waals surface area contributed by atoms with Gasteiger partial charge in [-0.15, -0.1) is 0 Å². The van der Waals surface area contributed by atoms with Gasteiger partial charge in [-0.3, -0.25) is 0 Å². The van der Waals surface area contributed by atoms with Crippen LogP contribution in [0.3, 0.4) is 0 Å². The molecule has 0 aliphatic heterocycles. The Hall–Kier alpha value is -1.69. The van der Waals surface area contributed by atoms with Crippen molar-refractivity contribution in [3.8, 4) is 17.6 Å². The van der Waals surface area contributed by atoms with Crippen molar-refractivity contribution in [2.75, 3.05) is 7.11 Å². The van der Waals surface area contributed by atoms with Gasteiger partial charge in [-0.05, 0) is 18.6 Å². The molecule has 3 nitrogen and oxygen atoms in total. The number of ether oxygens (including phenoxy) is 2. The topological polar surface area (TPSA) is 42.2 Å². The van der Waals surface area contributed by atoms with Crippen LogP contribution in [0.4, 0.5) is 0 Å². The Morgan fingerprint density at radius 1 is 1.21 bits per heavy atom. The molecule has 0 bridgehead atoms. The summed E-state index contributed by atoms with van der Waals surface area (Å²) in [5.74, 6) is 1.33. The molecular weight excluding hydrogens is 238 g/mol. The zero-order valence-corrected chi connectivity index (χ0v) is 12.3. The second kappa shape index (κ2) is 4.45. The van der Waals surface area contributed by atoms with E-state index in [0.29, 0.717) is 11.3 Å². The first-order valence-corrected chi connectivity index (χ1v) is 6.55. The third kappa shape index (κ3) is 2.40. The molecule has 0 saturated heterocycles. The molecule has 1 aromatic carbocycles. The number of nitriles is 1. The number of benzene rings is 1. The van der Waals surface area contributed by atoms with E-state index in [9.17, 15) is 0 Å². The first kappa shape index (κ1) is 13.7. The van der Waals surface area contributed by atoms with Gasteiger partial charge in [0.2, 0.25) is 0 Å². The first-order valence-electron chi connectivity index (χ1n) is 6.55. The Labute approximate surface area is 115 Å². The monoisotopic (exact) mass is 259 g/mol. The average molecular weight is 259 g/mol. The normalized spacial score (nSPS) is 20.2. The Bertz CT molecular complexity index is 512. The lowest BCUT2D eigenvalue weighted by Gasteiger charge is -2.56. The van der Waals surface area contributed by atoms with Crippen molar-refractivity contribution in [2.45, 2.75) is 40.2 Å². The average Bonchev–Trinajstić information content (AvgIpc) is 2.34. The maximum Gasteiger partial charge on any atom is 0.140 e. The van der Waals surface area contributed by atoms with E-state index >= 15 is 0 Å². The van der Waals surface area contributed by atoms with E-state index in [4.69, 9.17) is 14.7 Å². The first-order chi connectivity index (χ1) is 8.80. The maximum absolute atomic E-state index is 8.98. The van der Waals surface area contributed by atoms with Crippen LogP contribution in [0.5, 0.6) is 11.5 Å². The summed E-state index contributed by atoms with van der Waals surface area (Å²) >= 11 is 0. The van der Waals surface area contributed by atoms with Gasteiger partial charge in [0.1, 0.15) is 23.7 Å². The Morgan fingerprint density at radius 3 is 2.32 bits per heavy atom. The summed E-state index contributed by atoms with van der Waals surface area (Å²) in [5, 5.41) is 8.98. The molecule has 0 N–H and O–H groups in total. The van der Waals surface area contributed by atoms with Crippen LogP contribution in [-0.4, -0.2) is 13.2 Å². The quantitative estimate of drug-likeness (QED) is 0.829. The fourth-order valence-corrected chi connectivity index (χ4v) is 3.58. The molecule has 1 fully saturated rings. The van der Waals surface area contributed by atoms with E-state index in [-0.39, 0.29) is 16.9 Å². The number of methoxy groups -OCH3 is 1. The molecule has 0 spiro atoms. The molecule has 0 heterocycles. The number of rotatable bonds is 3. The number of hydrogen-bond donors (Lipinski definition) is 0. The van der Waals surface area contributed by atoms with E-state index in [1.54, 1.807) is 19.2 Å². The molecule has 1 aliphatic rings. The highest BCUT2D eigenvalue weighted by atomic mass is 16.5. The molecular formula is C16H21NO2. The molecule has 102 valence electrons. The van der Waals surface area contributed by atoms with Gasteiger partial charge in [0.15, 0.2) is 0 Å². The van der Waals surface area contributed by atoms with Crippen LogP contribution in [0.25, 0.3) is 0 Å². The SMILES string of the molecule is COc1cc(OC2C(C)(C)CC2(C)C)ccc1C#N. The van der Waals surface area contributed by atoms with E-state index in [1.165, 1.54) is 0 Å². The lowest BCUT2D eigenvalue weighted by atomic mass is 9.53. The zero-order valence-electron chi connectivity index (χ0n) is 12.3. The standard InChI is InChI=1S/C16H21NO2/c1-15(2)10-16(3,4)14(15)19-12-7-6-11(9-17)13(8-12)18-5/h6-8,14H,10H2,1-5H3. The van der Waals surface area contributed by atoms with Crippen molar-refractivity contribution >= 4 is 0 Å². The smallest absolute Gasteiger partial charge is 0.140 e. The lowest BCUT2D eigenvalue weighted by molar-refractivity contribution is -0.133. The molecule has 0 amide bonds. The molecule has 0 unspecified atom stereocenters. The van der Waals surface area contributed by atoms with Crippen molar-refractivity contribution in [2.24, 2.45) is 10.8 Å². The van der Waals surface area contributed by atoms with Crippen LogP contribution in [0.2, 0.25) is 0 Å². The second-order valence-corrected chi connectivity index (χ2v) is 6.63. The summed E-state index contributed by atoms with van der Waals surface area (Å²) in [6.45, 7) is 8.90. The zero-order chi connectivity index (χ0) is 14.3. The summed E-state index contributed by atoms with van der Waals surface area (Å²) in [6, 6.07) is 7.48. The van der Waals surface area contributed by atoms with E-state index in [0.717, 1.165) is 12.2 Å².